The lowest BCUT2D eigenvalue weighted by molar-refractivity contribution is 0.149. The first-order valence-electron chi connectivity index (χ1n) is 5.65. The van der Waals surface area contributed by atoms with Crippen LogP contribution in [0.15, 0.2) is 6.07 Å². The third-order valence-electron chi connectivity index (χ3n) is 2.23. The average Bonchev–Trinajstić information content (AvgIpc) is 2.16. The molecule has 2 N–H and O–H groups in total. The van der Waals surface area contributed by atoms with Crippen molar-refractivity contribution in [1.29, 1.82) is 0 Å². The molecule has 0 aliphatic carbocycles. The molecule has 0 radical (unpaired) electrons. The van der Waals surface area contributed by atoms with Gasteiger partial charge in [0, 0.05) is 24.5 Å². The molecule has 0 atom stereocenters. The number of nitrogens with zero attached hydrogens (tertiary/aromatic N) is 2. The molecular weight excluding hydrogens is 202 g/mol. The van der Waals surface area contributed by atoms with Crippen molar-refractivity contribution in [3.8, 4) is 0 Å². The molecule has 1 aromatic rings. The van der Waals surface area contributed by atoms with Crippen LogP contribution in [0.5, 0.6) is 0 Å². The summed E-state index contributed by atoms with van der Waals surface area (Å²) in [5, 5.41) is 0. The van der Waals surface area contributed by atoms with Crippen LogP contribution < -0.4 is 5.73 Å². The summed E-state index contributed by atoms with van der Waals surface area (Å²) in [5.41, 5.74) is 6.74. The second kappa shape index (κ2) is 5.25. The molecule has 0 aromatic carbocycles. The topological polar surface area (TPSA) is 61.0 Å². The van der Waals surface area contributed by atoms with Gasteiger partial charge in [-0.3, -0.25) is 0 Å². The molecule has 0 aliphatic heterocycles. The first-order valence-corrected chi connectivity index (χ1v) is 5.65. The molecule has 0 unspecified atom stereocenters. The predicted molar refractivity (Wildman–Crippen MR) is 65.3 cm³/mol. The van der Waals surface area contributed by atoms with Crippen molar-refractivity contribution in [3.05, 3.63) is 17.6 Å². The maximum atomic E-state index is 5.77. The third-order valence-corrected chi connectivity index (χ3v) is 2.23. The maximum Gasteiger partial charge on any atom is 0.133 e. The average molecular weight is 223 g/mol. The van der Waals surface area contributed by atoms with Crippen LogP contribution in [0.2, 0.25) is 0 Å². The highest BCUT2D eigenvalue weighted by Gasteiger charge is 2.17. The Morgan fingerprint density at radius 3 is 2.56 bits per heavy atom. The Morgan fingerprint density at radius 1 is 1.31 bits per heavy atom. The second-order valence-corrected chi connectivity index (χ2v) is 4.79. The number of anilines is 1. The summed E-state index contributed by atoms with van der Waals surface area (Å²) in [6.45, 7) is 9.67. The molecule has 1 aromatic heterocycles. The molecular formula is C12H21N3O. The Labute approximate surface area is 97.2 Å². The molecule has 1 heterocycles. The van der Waals surface area contributed by atoms with E-state index < -0.39 is 0 Å². The van der Waals surface area contributed by atoms with Gasteiger partial charge in [0.1, 0.15) is 11.6 Å². The van der Waals surface area contributed by atoms with E-state index in [-0.39, 0.29) is 5.41 Å². The Kier molecular flexibility index (Phi) is 4.24. The minimum Gasteiger partial charge on any atom is -0.384 e. The van der Waals surface area contributed by atoms with Gasteiger partial charge in [-0.05, 0) is 6.92 Å². The van der Waals surface area contributed by atoms with Crippen LogP contribution in [0.3, 0.4) is 0 Å². The van der Waals surface area contributed by atoms with E-state index in [9.17, 15) is 0 Å². The molecule has 16 heavy (non-hydrogen) atoms. The van der Waals surface area contributed by atoms with Gasteiger partial charge < -0.3 is 10.5 Å². The van der Waals surface area contributed by atoms with E-state index in [1.165, 1.54) is 0 Å². The second-order valence-electron chi connectivity index (χ2n) is 4.79. The van der Waals surface area contributed by atoms with Crippen LogP contribution in [0.4, 0.5) is 5.82 Å². The molecule has 4 heteroatoms. The molecule has 90 valence electrons. The van der Waals surface area contributed by atoms with Crippen LogP contribution in [0.25, 0.3) is 0 Å². The monoisotopic (exact) mass is 223 g/mol. The van der Waals surface area contributed by atoms with Gasteiger partial charge in [-0.1, -0.05) is 20.8 Å². The number of hydrogen-bond acceptors (Lipinski definition) is 4. The summed E-state index contributed by atoms with van der Waals surface area (Å²) in [5.74, 6) is 1.30. The zero-order valence-electron chi connectivity index (χ0n) is 10.6. The zero-order chi connectivity index (χ0) is 12.2. The van der Waals surface area contributed by atoms with E-state index in [0.717, 1.165) is 11.5 Å². The minimum atomic E-state index is -0.00256. The summed E-state index contributed by atoms with van der Waals surface area (Å²) >= 11 is 0. The number of aromatic nitrogens is 2. The summed E-state index contributed by atoms with van der Waals surface area (Å²) in [4.78, 5) is 8.71. The van der Waals surface area contributed by atoms with Crippen LogP contribution in [-0.2, 0) is 16.6 Å². The molecule has 0 saturated carbocycles. The van der Waals surface area contributed by atoms with Gasteiger partial charge in [-0.25, -0.2) is 9.97 Å². The molecule has 0 amide bonds. The van der Waals surface area contributed by atoms with Crippen molar-refractivity contribution in [2.75, 3.05) is 18.9 Å². The summed E-state index contributed by atoms with van der Waals surface area (Å²) in [7, 11) is 0. The molecule has 4 nitrogen and oxygen atoms in total. The fourth-order valence-electron chi connectivity index (χ4n) is 1.32. The van der Waals surface area contributed by atoms with Crippen molar-refractivity contribution in [3.63, 3.8) is 0 Å². The standard InChI is InChI=1S/C12H21N3O/c1-5-16-7-6-11-14-9(12(2,3)4)8-10(13)15-11/h8H,5-7H2,1-4H3,(H2,13,14,15). The van der Waals surface area contributed by atoms with Crippen LogP contribution in [0.1, 0.15) is 39.2 Å². The number of ether oxygens (including phenoxy) is 1. The van der Waals surface area contributed by atoms with Crippen LogP contribution in [-0.4, -0.2) is 23.2 Å². The van der Waals surface area contributed by atoms with Crippen molar-refractivity contribution in [2.45, 2.75) is 39.5 Å². The maximum absolute atomic E-state index is 5.77. The summed E-state index contributed by atoms with van der Waals surface area (Å²) in [6.07, 6.45) is 0.710. The van der Waals surface area contributed by atoms with Gasteiger partial charge in [0.25, 0.3) is 0 Å². The quantitative estimate of drug-likeness (QED) is 0.792. The molecule has 0 spiro atoms. The number of nitrogen functional groups attached to an aromatic ring is 1. The Hall–Kier alpha value is -1.16. The van der Waals surface area contributed by atoms with E-state index in [1.54, 1.807) is 0 Å². The van der Waals surface area contributed by atoms with Gasteiger partial charge in [-0.2, -0.15) is 0 Å². The zero-order valence-corrected chi connectivity index (χ0v) is 10.6. The first kappa shape index (κ1) is 12.9. The fraction of sp³-hybridized carbons (Fsp3) is 0.667. The van der Waals surface area contributed by atoms with Crippen molar-refractivity contribution >= 4 is 5.82 Å². The van der Waals surface area contributed by atoms with Crippen LogP contribution in [0, 0.1) is 0 Å². The van der Waals surface area contributed by atoms with Gasteiger partial charge >= 0.3 is 0 Å². The van der Waals surface area contributed by atoms with Gasteiger partial charge in [-0.15, -0.1) is 0 Å². The molecule has 1 rings (SSSR count). The van der Waals surface area contributed by atoms with E-state index in [1.807, 2.05) is 13.0 Å². The van der Waals surface area contributed by atoms with Crippen molar-refractivity contribution in [1.82, 2.24) is 9.97 Å². The third kappa shape index (κ3) is 3.77. The number of hydrogen-bond donors (Lipinski definition) is 1. The largest absolute Gasteiger partial charge is 0.384 e. The normalized spacial score (nSPS) is 11.8. The van der Waals surface area contributed by atoms with E-state index in [4.69, 9.17) is 10.5 Å². The van der Waals surface area contributed by atoms with Crippen LogP contribution >= 0.6 is 0 Å². The lowest BCUT2D eigenvalue weighted by atomic mass is 9.92. The van der Waals surface area contributed by atoms with Gasteiger partial charge in [0.15, 0.2) is 0 Å². The Balaban J connectivity index is 2.82. The first-order chi connectivity index (χ1) is 7.43. The number of nitrogens with two attached hydrogens (primary N) is 1. The highest BCUT2D eigenvalue weighted by atomic mass is 16.5. The Morgan fingerprint density at radius 2 is 2.00 bits per heavy atom. The van der Waals surface area contributed by atoms with E-state index >= 15 is 0 Å². The smallest absolute Gasteiger partial charge is 0.133 e. The van der Waals surface area contributed by atoms with Crippen molar-refractivity contribution < 1.29 is 4.74 Å². The van der Waals surface area contributed by atoms with Gasteiger partial charge in [0.05, 0.1) is 12.3 Å². The van der Waals surface area contributed by atoms with Crippen molar-refractivity contribution in [2.24, 2.45) is 0 Å². The minimum absolute atomic E-state index is 0.00256. The lowest BCUT2D eigenvalue weighted by Crippen LogP contribution is -2.17. The highest BCUT2D eigenvalue weighted by molar-refractivity contribution is 5.32. The summed E-state index contributed by atoms with van der Waals surface area (Å²) < 4.78 is 5.28. The number of rotatable bonds is 4. The lowest BCUT2D eigenvalue weighted by Gasteiger charge is -2.18. The highest BCUT2D eigenvalue weighted by Crippen LogP contribution is 2.21. The predicted octanol–water partition coefficient (Wildman–Crippen LogP) is 1.94. The van der Waals surface area contributed by atoms with E-state index in [0.29, 0.717) is 25.5 Å². The SMILES string of the molecule is CCOCCc1nc(N)cc(C(C)(C)C)n1. The molecule has 0 aliphatic rings. The molecule has 0 bridgehead atoms. The summed E-state index contributed by atoms with van der Waals surface area (Å²) in [6, 6.07) is 1.84. The molecule has 0 saturated heterocycles. The van der Waals surface area contributed by atoms with Gasteiger partial charge in [0.2, 0.25) is 0 Å². The molecule has 0 fully saturated rings. The Bertz CT molecular complexity index is 345. The fourth-order valence-corrected chi connectivity index (χ4v) is 1.32. The van der Waals surface area contributed by atoms with E-state index in [2.05, 4.69) is 30.7 Å².